The maximum absolute atomic E-state index is 12.7. The standard InChI is InChI=1S/C14H26N4O2/c1-4-14(5-6-15-11-14)12(19)17-7-9-18(10-8-17)13(20)16(2)3/h15H,4-11H2,1-3H3. The Morgan fingerprint density at radius 3 is 2.20 bits per heavy atom. The van der Waals surface area contributed by atoms with Crippen LogP contribution in [0.1, 0.15) is 19.8 Å². The summed E-state index contributed by atoms with van der Waals surface area (Å²) in [5, 5.41) is 3.31. The second-order valence-electron chi connectivity index (χ2n) is 6.02. The van der Waals surface area contributed by atoms with Crippen LogP contribution in [0.15, 0.2) is 0 Å². The average molecular weight is 282 g/mol. The summed E-state index contributed by atoms with van der Waals surface area (Å²) in [6, 6.07) is 0.0323. The molecule has 2 aliphatic rings. The number of carbonyl (C=O) groups excluding carboxylic acids is 2. The lowest BCUT2D eigenvalue weighted by Crippen LogP contribution is -2.56. The molecule has 0 radical (unpaired) electrons. The van der Waals surface area contributed by atoms with Crippen LogP contribution in [0.25, 0.3) is 0 Å². The van der Waals surface area contributed by atoms with Gasteiger partial charge in [0.1, 0.15) is 0 Å². The highest BCUT2D eigenvalue weighted by Gasteiger charge is 2.42. The Hall–Kier alpha value is -1.30. The summed E-state index contributed by atoms with van der Waals surface area (Å²) in [6.07, 6.45) is 1.81. The summed E-state index contributed by atoms with van der Waals surface area (Å²) in [5.74, 6) is 0.266. The minimum atomic E-state index is -0.215. The van der Waals surface area contributed by atoms with Crippen LogP contribution in [0, 0.1) is 5.41 Å². The number of nitrogens with zero attached hydrogens (tertiary/aromatic N) is 3. The van der Waals surface area contributed by atoms with Crippen LogP contribution in [0.2, 0.25) is 0 Å². The monoisotopic (exact) mass is 282 g/mol. The molecular formula is C14H26N4O2. The third-order valence-electron chi connectivity index (χ3n) is 4.59. The molecule has 1 atom stereocenters. The van der Waals surface area contributed by atoms with Gasteiger partial charge < -0.3 is 20.0 Å². The summed E-state index contributed by atoms with van der Waals surface area (Å²) in [7, 11) is 3.52. The molecule has 0 aromatic carbocycles. The lowest BCUT2D eigenvalue weighted by Gasteiger charge is -2.39. The first-order valence-electron chi connectivity index (χ1n) is 7.46. The molecule has 2 rings (SSSR count). The third-order valence-corrected chi connectivity index (χ3v) is 4.59. The van der Waals surface area contributed by atoms with Crippen molar-refractivity contribution in [2.24, 2.45) is 5.41 Å². The molecular weight excluding hydrogens is 256 g/mol. The van der Waals surface area contributed by atoms with E-state index in [4.69, 9.17) is 0 Å². The van der Waals surface area contributed by atoms with Crippen LogP contribution < -0.4 is 5.32 Å². The first kappa shape index (κ1) is 15.1. The fraction of sp³-hybridized carbons (Fsp3) is 0.857. The zero-order chi connectivity index (χ0) is 14.8. The molecule has 2 aliphatic heterocycles. The summed E-state index contributed by atoms with van der Waals surface area (Å²) in [6.45, 7) is 6.39. The second kappa shape index (κ2) is 5.99. The molecule has 0 spiro atoms. The van der Waals surface area contributed by atoms with Crippen LogP contribution in [-0.4, -0.2) is 80.0 Å². The van der Waals surface area contributed by atoms with E-state index in [1.54, 1.807) is 19.0 Å². The van der Waals surface area contributed by atoms with Crippen molar-refractivity contribution in [1.29, 1.82) is 0 Å². The zero-order valence-corrected chi connectivity index (χ0v) is 12.8. The maximum atomic E-state index is 12.7. The smallest absolute Gasteiger partial charge is 0.319 e. The van der Waals surface area contributed by atoms with Crippen LogP contribution in [0.4, 0.5) is 4.79 Å². The van der Waals surface area contributed by atoms with Crippen LogP contribution in [0.3, 0.4) is 0 Å². The van der Waals surface area contributed by atoms with Gasteiger partial charge in [0.15, 0.2) is 0 Å². The lowest BCUT2D eigenvalue weighted by molar-refractivity contribution is -0.142. The molecule has 0 aromatic heterocycles. The molecule has 6 heteroatoms. The van der Waals surface area contributed by atoms with Crippen molar-refractivity contribution in [3.63, 3.8) is 0 Å². The number of nitrogens with one attached hydrogen (secondary N) is 1. The SMILES string of the molecule is CCC1(C(=O)N2CCN(C(=O)N(C)C)CC2)CCNC1. The summed E-state index contributed by atoms with van der Waals surface area (Å²) in [5.41, 5.74) is -0.215. The molecule has 2 heterocycles. The molecule has 2 saturated heterocycles. The number of piperazine rings is 1. The topological polar surface area (TPSA) is 55.9 Å². The van der Waals surface area contributed by atoms with Gasteiger partial charge in [-0.15, -0.1) is 0 Å². The van der Waals surface area contributed by atoms with E-state index in [1.807, 2.05) is 9.80 Å². The number of carbonyl (C=O) groups is 2. The van der Waals surface area contributed by atoms with E-state index in [9.17, 15) is 9.59 Å². The van der Waals surface area contributed by atoms with Crippen molar-refractivity contribution in [1.82, 2.24) is 20.0 Å². The van der Waals surface area contributed by atoms with E-state index in [0.717, 1.165) is 25.9 Å². The van der Waals surface area contributed by atoms with Crippen LogP contribution in [0.5, 0.6) is 0 Å². The quantitative estimate of drug-likeness (QED) is 0.787. The van der Waals surface area contributed by atoms with Crippen molar-refractivity contribution in [2.75, 3.05) is 53.4 Å². The number of rotatable bonds is 2. The van der Waals surface area contributed by atoms with Gasteiger partial charge in [-0.3, -0.25) is 4.79 Å². The Labute approximate surface area is 121 Å². The van der Waals surface area contributed by atoms with Gasteiger partial charge in [-0.25, -0.2) is 4.79 Å². The summed E-state index contributed by atoms with van der Waals surface area (Å²) >= 11 is 0. The Morgan fingerprint density at radius 2 is 1.75 bits per heavy atom. The Morgan fingerprint density at radius 1 is 1.15 bits per heavy atom. The predicted octanol–water partition coefficient (Wildman–Crippen LogP) is 0.202. The van der Waals surface area contributed by atoms with Gasteiger partial charge in [-0.1, -0.05) is 6.92 Å². The number of hydrogen-bond acceptors (Lipinski definition) is 3. The van der Waals surface area contributed by atoms with Crippen molar-refractivity contribution in [3.8, 4) is 0 Å². The van der Waals surface area contributed by atoms with E-state index >= 15 is 0 Å². The molecule has 0 saturated carbocycles. The minimum absolute atomic E-state index is 0.0323. The molecule has 1 N–H and O–H groups in total. The van der Waals surface area contributed by atoms with Gasteiger partial charge >= 0.3 is 6.03 Å². The minimum Gasteiger partial charge on any atom is -0.339 e. The second-order valence-corrected chi connectivity index (χ2v) is 6.02. The highest BCUT2D eigenvalue weighted by atomic mass is 16.2. The molecule has 1 unspecified atom stereocenters. The van der Waals surface area contributed by atoms with Crippen molar-refractivity contribution < 1.29 is 9.59 Å². The van der Waals surface area contributed by atoms with Gasteiger partial charge in [0.05, 0.1) is 5.41 Å². The number of hydrogen-bond donors (Lipinski definition) is 1. The van der Waals surface area contributed by atoms with Crippen LogP contribution >= 0.6 is 0 Å². The van der Waals surface area contributed by atoms with Gasteiger partial charge in [-0.05, 0) is 19.4 Å². The Balaban J connectivity index is 1.93. The molecule has 6 nitrogen and oxygen atoms in total. The largest absolute Gasteiger partial charge is 0.339 e. The van der Waals surface area contributed by atoms with Crippen molar-refractivity contribution in [3.05, 3.63) is 0 Å². The van der Waals surface area contributed by atoms with Gasteiger partial charge in [0.25, 0.3) is 0 Å². The molecule has 2 fully saturated rings. The van der Waals surface area contributed by atoms with Gasteiger partial charge in [-0.2, -0.15) is 0 Å². The van der Waals surface area contributed by atoms with E-state index < -0.39 is 0 Å². The number of amides is 3. The number of urea groups is 1. The first-order chi connectivity index (χ1) is 9.50. The highest BCUT2D eigenvalue weighted by Crippen LogP contribution is 2.32. The average Bonchev–Trinajstić information content (AvgIpc) is 2.96. The molecule has 0 aromatic rings. The summed E-state index contributed by atoms with van der Waals surface area (Å²) in [4.78, 5) is 30.0. The van der Waals surface area contributed by atoms with E-state index in [2.05, 4.69) is 12.2 Å². The molecule has 20 heavy (non-hydrogen) atoms. The van der Waals surface area contributed by atoms with Crippen LogP contribution in [-0.2, 0) is 4.79 Å². The molecule has 3 amide bonds. The van der Waals surface area contributed by atoms with E-state index in [-0.39, 0.29) is 17.4 Å². The molecule has 0 bridgehead atoms. The third kappa shape index (κ3) is 2.75. The highest BCUT2D eigenvalue weighted by molar-refractivity contribution is 5.84. The lowest BCUT2D eigenvalue weighted by atomic mass is 9.82. The van der Waals surface area contributed by atoms with E-state index in [0.29, 0.717) is 26.2 Å². The zero-order valence-electron chi connectivity index (χ0n) is 12.8. The Kier molecular flexibility index (Phi) is 4.52. The fourth-order valence-electron chi connectivity index (χ4n) is 3.10. The fourth-order valence-corrected chi connectivity index (χ4v) is 3.10. The Bertz CT molecular complexity index is 369. The first-order valence-corrected chi connectivity index (χ1v) is 7.46. The van der Waals surface area contributed by atoms with Crippen molar-refractivity contribution >= 4 is 11.9 Å². The van der Waals surface area contributed by atoms with Crippen molar-refractivity contribution in [2.45, 2.75) is 19.8 Å². The molecule has 0 aliphatic carbocycles. The predicted molar refractivity (Wildman–Crippen MR) is 77.4 cm³/mol. The van der Waals surface area contributed by atoms with Gasteiger partial charge in [0, 0.05) is 46.8 Å². The van der Waals surface area contributed by atoms with E-state index in [1.165, 1.54) is 0 Å². The summed E-state index contributed by atoms with van der Waals surface area (Å²) < 4.78 is 0. The normalized spacial score (nSPS) is 26.8. The molecule has 114 valence electrons. The maximum Gasteiger partial charge on any atom is 0.319 e. The van der Waals surface area contributed by atoms with Gasteiger partial charge in [0.2, 0.25) is 5.91 Å².